The van der Waals surface area contributed by atoms with Gasteiger partial charge in [0.25, 0.3) is 12.3 Å². The Balaban J connectivity index is 1.44. The highest BCUT2D eigenvalue weighted by molar-refractivity contribution is 6.23. The van der Waals surface area contributed by atoms with Gasteiger partial charge in [-0.2, -0.15) is 13.2 Å². The second-order valence-corrected chi connectivity index (χ2v) is 9.82. The van der Waals surface area contributed by atoms with Crippen molar-refractivity contribution in [1.82, 2.24) is 24.8 Å². The molecule has 2 fully saturated rings. The van der Waals surface area contributed by atoms with Gasteiger partial charge < -0.3 is 20.5 Å². The van der Waals surface area contributed by atoms with Gasteiger partial charge in [0.1, 0.15) is 28.6 Å². The van der Waals surface area contributed by atoms with Crippen molar-refractivity contribution in [2.75, 3.05) is 34.8 Å². The first-order valence-electron chi connectivity index (χ1n) is 12.9. The van der Waals surface area contributed by atoms with Crippen LogP contribution in [0.15, 0.2) is 43.0 Å². The van der Waals surface area contributed by atoms with Crippen LogP contribution in [0.5, 0.6) is 0 Å². The molecule has 2 N–H and O–H groups in total. The number of aromatic nitrogens is 4. The number of amides is 3. The summed E-state index contributed by atoms with van der Waals surface area (Å²) >= 11 is 0. The zero-order valence-corrected chi connectivity index (χ0v) is 22.2. The normalized spacial score (nSPS) is 16.9. The highest BCUT2D eigenvalue weighted by Gasteiger charge is 2.58. The summed E-state index contributed by atoms with van der Waals surface area (Å²) in [4.78, 5) is 47.0. The van der Waals surface area contributed by atoms with Crippen LogP contribution in [0, 0.1) is 11.2 Å². The van der Waals surface area contributed by atoms with Crippen molar-refractivity contribution >= 4 is 35.5 Å². The van der Waals surface area contributed by atoms with Gasteiger partial charge in [-0.15, -0.1) is 0 Å². The Morgan fingerprint density at radius 3 is 2.42 bits per heavy atom. The summed E-state index contributed by atoms with van der Waals surface area (Å²) in [7, 11) is 0. The molecule has 0 aromatic carbocycles. The molecule has 226 valence electrons. The largest absolute Gasteiger partial charge is 0.433 e. The van der Waals surface area contributed by atoms with Gasteiger partial charge in [-0.3, -0.25) is 9.78 Å². The summed E-state index contributed by atoms with van der Waals surface area (Å²) in [5.41, 5.74) is -2.48. The minimum atomic E-state index is -4.73. The van der Waals surface area contributed by atoms with Crippen LogP contribution in [0.1, 0.15) is 29.8 Å². The topological polar surface area (TPSA) is 131 Å². The van der Waals surface area contributed by atoms with Gasteiger partial charge in [0, 0.05) is 25.5 Å². The van der Waals surface area contributed by atoms with E-state index in [1.807, 2.05) is 0 Å². The van der Waals surface area contributed by atoms with Gasteiger partial charge in [-0.05, 0) is 36.6 Å². The molecule has 0 aliphatic carbocycles. The number of alkyl halides is 5. The molecule has 0 atom stereocenters. The SMILES string of the molecule is N=Cc1ncc(N2CCC3(CC2)C(=O)N(c2ccc(C(F)(F)F)nc2)C(=O)N3Cc2cncc(F)c2)nc1NCC(F)F. The maximum Gasteiger partial charge on any atom is 0.433 e. The van der Waals surface area contributed by atoms with E-state index in [1.54, 1.807) is 4.90 Å². The Hall–Kier alpha value is -4.83. The Kier molecular flexibility index (Phi) is 7.90. The van der Waals surface area contributed by atoms with E-state index in [0.717, 1.165) is 35.6 Å². The van der Waals surface area contributed by atoms with Gasteiger partial charge >= 0.3 is 12.2 Å². The van der Waals surface area contributed by atoms with Gasteiger partial charge in [-0.25, -0.2) is 37.8 Å². The summed E-state index contributed by atoms with van der Waals surface area (Å²) in [6.07, 6.45) is -2.00. The molecule has 5 rings (SSSR count). The lowest BCUT2D eigenvalue weighted by molar-refractivity contribution is -0.141. The Morgan fingerprint density at radius 1 is 1.07 bits per heavy atom. The number of piperidine rings is 1. The molecule has 43 heavy (non-hydrogen) atoms. The van der Waals surface area contributed by atoms with Gasteiger partial charge in [0.2, 0.25) is 0 Å². The van der Waals surface area contributed by atoms with Crippen LogP contribution in [0.3, 0.4) is 0 Å². The van der Waals surface area contributed by atoms with Crippen LogP contribution >= 0.6 is 0 Å². The van der Waals surface area contributed by atoms with Crippen LogP contribution in [0.25, 0.3) is 0 Å². The Bertz CT molecular complexity index is 1530. The van der Waals surface area contributed by atoms with Gasteiger partial charge in [-0.1, -0.05) is 0 Å². The number of urea groups is 1. The van der Waals surface area contributed by atoms with E-state index in [-0.39, 0.29) is 61.1 Å². The first-order chi connectivity index (χ1) is 20.4. The quantitative estimate of drug-likeness (QED) is 0.222. The van der Waals surface area contributed by atoms with E-state index in [4.69, 9.17) is 5.41 Å². The number of carbonyl (C=O) groups is 2. The molecule has 0 radical (unpaired) electrons. The number of hydrogen-bond donors (Lipinski definition) is 2. The molecule has 3 aromatic rings. The van der Waals surface area contributed by atoms with E-state index in [0.29, 0.717) is 6.07 Å². The summed E-state index contributed by atoms with van der Waals surface area (Å²) in [5.74, 6) is -1.10. The van der Waals surface area contributed by atoms with Crippen LogP contribution in [0.4, 0.5) is 48.5 Å². The lowest BCUT2D eigenvalue weighted by atomic mass is 9.85. The number of nitrogens with zero attached hydrogens (tertiary/aromatic N) is 7. The Morgan fingerprint density at radius 2 is 1.81 bits per heavy atom. The van der Waals surface area contributed by atoms with Crippen molar-refractivity contribution in [3.63, 3.8) is 0 Å². The third-order valence-corrected chi connectivity index (χ3v) is 7.20. The number of rotatable bonds is 8. The molecule has 1 spiro atoms. The molecule has 3 aromatic heterocycles. The lowest BCUT2D eigenvalue weighted by Crippen LogP contribution is -2.56. The smallest absolute Gasteiger partial charge is 0.362 e. The predicted molar refractivity (Wildman–Crippen MR) is 140 cm³/mol. The molecule has 11 nitrogen and oxygen atoms in total. The van der Waals surface area contributed by atoms with Crippen LogP contribution in [-0.2, 0) is 17.5 Å². The average Bonchev–Trinajstić information content (AvgIpc) is 3.16. The second-order valence-electron chi connectivity index (χ2n) is 9.82. The third kappa shape index (κ3) is 5.78. The number of carbonyl (C=O) groups excluding carboxylic acids is 2. The minimum absolute atomic E-state index is 0.0265. The molecule has 3 amide bonds. The molecule has 0 saturated carbocycles. The molecule has 0 bridgehead atoms. The van der Waals surface area contributed by atoms with Crippen LogP contribution in [-0.4, -0.2) is 74.6 Å². The summed E-state index contributed by atoms with van der Waals surface area (Å²) in [5, 5.41) is 9.91. The van der Waals surface area contributed by atoms with Gasteiger partial charge in [0.05, 0.1) is 37.4 Å². The van der Waals surface area contributed by atoms with E-state index >= 15 is 0 Å². The van der Waals surface area contributed by atoms with Crippen molar-refractivity contribution in [1.29, 1.82) is 5.41 Å². The van der Waals surface area contributed by atoms with Crippen molar-refractivity contribution in [3.05, 3.63) is 65.8 Å². The zero-order valence-electron chi connectivity index (χ0n) is 22.2. The first kappa shape index (κ1) is 29.7. The molecular weight excluding hydrogens is 584 g/mol. The maximum atomic E-state index is 13.9. The summed E-state index contributed by atoms with van der Waals surface area (Å²) < 4.78 is 78.7. The molecule has 0 unspecified atom stereocenters. The number of pyridine rings is 2. The number of imide groups is 1. The highest BCUT2D eigenvalue weighted by Crippen LogP contribution is 2.41. The van der Waals surface area contributed by atoms with Crippen molar-refractivity contribution in [3.8, 4) is 0 Å². The third-order valence-electron chi connectivity index (χ3n) is 7.20. The van der Waals surface area contributed by atoms with E-state index in [1.165, 1.54) is 17.3 Å². The number of anilines is 3. The monoisotopic (exact) mass is 607 g/mol. The summed E-state index contributed by atoms with van der Waals surface area (Å²) in [6.45, 7) is -0.640. The van der Waals surface area contributed by atoms with E-state index in [9.17, 15) is 35.9 Å². The molecular formula is C26H23F6N9O2. The fraction of sp³-hybridized carbons (Fsp3) is 0.346. The number of nitrogens with one attached hydrogen (secondary N) is 2. The fourth-order valence-corrected chi connectivity index (χ4v) is 5.11. The molecule has 2 aliphatic heterocycles. The van der Waals surface area contributed by atoms with Gasteiger partial charge in [0.15, 0.2) is 5.82 Å². The highest BCUT2D eigenvalue weighted by atomic mass is 19.4. The fourth-order valence-electron chi connectivity index (χ4n) is 5.11. The second kappa shape index (κ2) is 11.4. The zero-order chi connectivity index (χ0) is 30.9. The molecule has 2 aliphatic rings. The van der Waals surface area contributed by atoms with Crippen molar-refractivity contribution < 1.29 is 35.9 Å². The maximum absolute atomic E-state index is 13.9. The van der Waals surface area contributed by atoms with E-state index < -0.39 is 48.1 Å². The minimum Gasteiger partial charge on any atom is -0.362 e. The lowest BCUT2D eigenvalue weighted by Gasteiger charge is -2.42. The van der Waals surface area contributed by atoms with Crippen molar-refractivity contribution in [2.45, 2.75) is 37.5 Å². The molecule has 5 heterocycles. The first-order valence-corrected chi connectivity index (χ1v) is 12.9. The van der Waals surface area contributed by atoms with Crippen LogP contribution in [0.2, 0.25) is 0 Å². The van der Waals surface area contributed by atoms with Crippen molar-refractivity contribution in [2.24, 2.45) is 0 Å². The average molecular weight is 608 g/mol. The molecule has 17 heteroatoms. The predicted octanol–water partition coefficient (Wildman–Crippen LogP) is 4.11. The summed E-state index contributed by atoms with van der Waals surface area (Å²) in [6, 6.07) is 1.99. The standard InChI is InChI=1S/C26H23F6N9O2/c27-16-7-15(9-34-10-16)14-40-24(43)41(17-1-2-19(36-11-17)26(30,31)32)23(42)25(40)3-5-39(6-4-25)21-13-35-18(8-33)22(38-21)37-12-20(28)29/h1-2,7-11,13,20,33H,3-6,12,14H2,(H,37,38). The Labute approximate surface area is 240 Å². The number of halogens is 6. The molecule has 2 saturated heterocycles. The van der Waals surface area contributed by atoms with E-state index in [2.05, 4.69) is 25.3 Å². The number of hydrogen-bond acceptors (Lipinski definition) is 9. The van der Waals surface area contributed by atoms with Crippen LogP contribution < -0.4 is 15.1 Å².